The number of thiophene rings is 1. The summed E-state index contributed by atoms with van der Waals surface area (Å²) in [6.45, 7) is -0.894. The SMILES string of the molecule is Cc1cccc(OCc2csc(C(=O)Nc3ccc(F)cc3OC(F)F)c2)c1. The maximum Gasteiger partial charge on any atom is 0.387 e. The van der Waals surface area contributed by atoms with Gasteiger partial charge in [0.05, 0.1) is 10.6 Å². The number of hydrogen-bond donors (Lipinski definition) is 1. The molecule has 1 heterocycles. The standard InChI is InChI=1S/C20H16F3NO3S/c1-12-3-2-4-15(7-12)26-10-13-8-18(28-11-13)19(25)24-16-6-5-14(21)9-17(16)27-20(22)23/h2-9,11,20H,10H2,1H3,(H,24,25). The van der Waals surface area contributed by atoms with Crippen LogP contribution in [-0.4, -0.2) is 12.5 Å². The third-order valence-electron chi connectivity index (χ3n) is 3.68. The number of halogens is 3. The highest BCUT2D eigenvalue weighted by atomic mass is 32.1. The number of hydrogen-bond acceptors (Lipinski definition) is 4. The highest BCUT2D eigenvalue weighted by molar-refractivity contribution is 7.12. The molecule has 0 fully saturated rings. The smallest absolute Gasteiger partial charge is 0.387 e. The van der Waals surface area contributed by atoms with Crippen LogP contribution in [0.1, 0.15) is 20.8 Å². The van der Waals surface area contributed by atoms with Gasteiger partial charge < -0.3 is 14.8 Å². The lowest BCUT2D eigenvalue weighted by Crippen LogP contribution is -2.13. The van der Waals surface area contributed by atoms with Gasteiger partial charge in [0.15, 0.2) is 5.75 Å². The first-order valence-corrected chi connectivity index (χ1v) is 9.11. The predicted molar refractivity (Wildman–Crippen MR) is 101 cm³/mol. The van der Waals surface area contributed by atoms with Gasteiger partial charge in [-0.1, -0.05) is 12.1 Å². The van der Waals surface area contributed by atoms with Crippen molar-refractivity contribution in [3.63, 3.8) is 0 Å². The van der Waals surface area contributed by atoms with Crippen molar-refractivity contribution >= 4 is 22.9 Å². The fraction of sp³-hybridized carbons (Fsp3) is 0.150. The molecule has 1 aromatic heterocycles. The first-order chi connectivity index (χ1) is 13.4. The number of carbonyl (C=O) groups is 1. The van der Waals surface area contributed by atoms with Crippen LogP contribution in [0.5, 0.6) is 11.5 Å². The van der Waals surface area contributed by atoms with Crippen LogP contribution in [0.2, 0.25) is 0 Å². The topological polar surface area (TPSA) is 47.6 Å². The Balaban J connectivity index is 1.66. The molecule has 146 valence electrons. The van der Waals surface area contributed by atoms with Gasteiger partial charge in [0, 0.05) is 11.6 Å². The summed E-state index contributed by atoms with van der Waals surface area (Å²) in [5.41, 5.74) is 1.82. The van der Waals surface area contributed by atoms with Gasteiger partial charge in [0.1, 0.15) is 18.2 Å². The van der Waals surface area contributed by atoms with E-state index in [1.165, 1.54) is 17.4 Å². The average Bonchev–Trinajstić information content (AvgIpc) is 3.11. The van der Waals surface area contributed by atoms with Gasteiger partial charge in [-0.3, -0.25) is 4.79 Å². The van der Waals surface area contributed by atoms with Crippen LogP contribution in [0.25, 0.3) is 0 Å². The quantitative estimate of drug-likeness (QED) is 0.552. The molecular formula is C20H16F3NO3S. The largest absolute Gasteiger partial charge is 0.489 e. The molecule has 0 aliphatic heterocycles. The maximum atomic E-state index is 13.3. The zero-order valence-electron chi connectivity index (χ0n) is 14.7. The molecule has 28 heavy (non-hydrogen) atoms. The van der Waals surface area contributed by atoms with E-state index in [1.807, 2.05) is 31.2 Å². The second-order valence-corrected chi connectivity index (χ2v) is 6.81. The molecule has 0 unspecified atom stereocenters. The molecule has 1 N–H and O–H groups in total. The molecule has 0 spiro atoms. The zero-order valence-corrected chi connectivity index (χ0v) is 15.6. The van der Waals surface area contributed by atoms with Crippen molar-refractivity contribution in [2.24, 2.45) is 0 Å². The van der Waals surface area contributed by atoms with Crippen LogP contribution >= 0.6 is 11.3 Å². The van der Waals surface area contributed by atoms with E-state index in [4.69, 9.17) is 4.74 Å². The second kappa shape index (κ2) is 8.79. The van der Waals surface area contributed by atoms with E-state index >= 15 is 0 Å². The van der Waals surface area contributed by atoms with E-state index in [1.54, 1.807) is 11.4 Å². The average molecular weight is 407 g/mol. The third kappa shape index (κ3) is 5.26. The number of benzene rings is 2. The fourth-order valence-electron chi connectivity index (χ4n) is 2.42. The Morgan fingerprint density at radius 3 is 2.75 bits per heavy atom. The predicted octanol–water partition coefficient (Wildman–Crippen LogP) is 5.63. The van der Waals surface area contributed by atoms with E-state index in [0.29, 0.717) is 4.88 Å². The summed E-state index contributed by atoms with van der Waals surface area (Å²) >= 11 is 1.18. The number of rotatable bonds is 7. The molecule has 0 saturated heterocycles. The van der Waals surface area contributed by atoms with Crippen molar-refractivity contribution in [1.82, 2.24) is 0 Å². The lowest BCUT2D eigenvalue weighted by molar-refractivity contribution is -0.0495. The first-order valence-electron chi connectivity index (χ1n) is 8.23. The highest BCUT2D eigenvalue weighted by Gasteiger charge is 2.16. The second-order valence-electron chi connectivity index (χ2n) is 5.90. The van der Waals surface area contributed by atoms with E-state index < -0.39 is 24.1 Å². The van der Waals surface area contributed by atoms with Crippen molar-refractivity contribution in [2.45, 2.75) is 20.1 Å². The third-order valence-corrected chi connectivity index (χ3v) is 4.66. The number of ether oxygens (including phenoxy) is 2. The van der Waals surface area contributed by atoms with Gasteiger partial charge >= 0.3 is 6.61 Å². The summed E-state index contributed by atoms with van der Waals surface area (Å²) < 4.78 is 48.2. The molecule has 4 nitrogen and oxygen atoms in total. The minimum atomic E-state index is -3.13. The first kappa shape index (κ1) is 19.8. The molecular weight excluding hydrogens is 391 g/mol. The molecule has 3 rings (SSSR count). The lowest BCUT2D eigenvalue weighted by Gasteiger charge is -2.11. The van der Waals surface area contributed by atoms with Crippen molar-refractivity contribution in [2.75, 3.05) is 5.32 Å². The molecule has 0 radical (unpaired) electrons. The Morgan fingerprint density at radius 1 is 1.18 bits per heavy atom. The van der Waals surface area contributed by atoms with Crippen molar-refractivity contribution in [3.05, 3.63) is 75.7 Å². The minimum Gasteiger partial charge on any atom is -0.489 e. The van der Waals surface area contributed by atoms with E-state index in [2.05, 4.69) is 10.1 Å². The molecule has 3 aromatic rings. The zero-order chi connectivity index (χ0) is 20.1. The van der Waals surface area contributed by atoms with Gasteiger partial charge in [0.25, 0.3) is 5.91 Å². The molecule has 1 amide bonds. The number of anilines is 1. The number of amides is 1. The minimum absolute atomic E-state index is 0.0438. The maximum absolute atomic E-state index is 13.3. The van der Waals surface area contributed by atoms with Crippen LogP contribution in [0.4, 0.5) is 18.9 Å². The van der Waals surface area contributed by atoms with Gasteiger partial charge in [0.2, 0.25) is 0 Å². The van der Waals surface area contributed by atoms with Crippen LogP contribution in [-0.2, 0) is 6.61 Å². The summed E-state index contributed by atoms with van der Waals surface area (Å²) in [4.78, 5) is 12.7. The number of alkyl halides is 2. The summed E-state index contributed by atoms with van der Waals surface area (Å²) in [7, 11) is 0. The van der Waals surface area contributed by atoms with E-state index in [9.17, 15) is 18.0 Å². The molecule has 8 heteroatoms. The Bertz CT molecular complexity index is 975. The Morgan fingerprint density at radius 2 is 2.00 bits per heavy atom. The Labute approximate surface area is 163 Å². The Hall–Kier alpha value is -3.00. The van der Waals surface area contributed by atoms with Crippen molar-refractivity contribution in [3.8, 4) is 11.5 Å². The number of carbonyl (C=O) groups excluding carboxylic acids is 1. The van der Waals surface area contributed by atoms with Gasteiger partial charge in [-0.15, -0.1) is 11.3 Å². The fourth-order valence-corrected chi connectivity index (χ4v) is 3.21. The lowest BCUT2D eigenvalue weighted by atomic mass is 10.2. The van der Waals surface area contributed by atoms with Gasteiger partial charge in [-0.2, -0.15) is 8.78 Å². The van der Waals surface area contributed by atoms with Crippen LogP contribution in [0, 0.1) is 12.7 Å². The summed E-state index contributed by atoms with van der Waals surface area (Å²) in [6, 6.07) is 12.2. The summed E-state index contributed by atoms with van der Waals surface area (Å²) in [5.74, 6) is -0.988. The van der Waals surface area contributed by atoms with Crippen molar-refractivity contribution < 1.29 is 27.4 Å². The van der Waals surface area contributed by atoms with Crippen LogP contribution in [0.15, 0.2) is 53.9 Å². The monoisotopic (exact) mass is 407 g/mol. The summed E-state index contributed by atoms with van der Waals surface area (Å²) in [6.07, 6.45) is 0. The molecule has 0 saturated carbocycles. The van der Waals surface area contributed by atoms with Gasteiger partial charge in [-0.05, 0) is 48.2 Å². The molecule has 0 atom stereocenters. The number of aryl methyl sites for hydroxylation is 1. The molecule has 2 aromatic carbocycles. The molecule has 0 bridgehead atoms. The van der Waals surface area contributed by atoms with Gasteiger partial charge in [-0.25, -0.2) is 4.39 Å². The Kier molecular flexibility index (Phi) is 6.20. The van der Waals surface area contributed by atoms with Crippen molar-refractivity contribution in [1.29, 1.82) is 0 Å². The van der Waals surface area contributed by atoms with Crippen LogP contribution < -0.4 is 14.8 Å². The number of nitrogens with one attached hydrogen (secondary N) is 1. The summed E-state index contributed by atoms with van der Waals surface area (Å²) in [5, 5.41) is 4.23. The van der Waals surface area contributed by atoms with E-state index in [0.717, 1.165) is 29.0 Å². The normalized spacial score (nSPS) is 10.8. The van der Waals surface area contributed by atoms with E-state index in [-0.39, 0.29) is 12.3 Å². The highest BCUT2D eigenvalue weighted by Crippen LogP contribution is 2.28. The molecule has 0 aliphatic rings. The molecule has 0 aliphatic carbocycles. The van der Waals surface area contributed by atoms with Crippen LogP contribution in [0.3, 0.4) is 0 Å².